The molecule has 0 bridgehead atoms. The second kappa shape index (κ2) is 14.6. The van der Waals surface area contributed by atoms with Crippen LogP contribution in [0.25, 0.3) is 10.9 Å². The summed E-state index contributed by atoms with van der Waals surface area (Å²) in [6, 6.07) is 3.27. The van der Waals surface area contributed by atoms with Gasteiger partial charge in [-0.1, -0.05) is 0 Å². The fourth-order valence-corrected chi connectivity index (χ4v) is 4.63. The van der Waals surface area contributed by atoms with Gasteiger partial charge in [0.25, 0.3) is 5.56 Å². The van der Waals surface area contributed by atoms with Gasteiger partial charge in [0.1, 0.15) is 0 Å². The van der Waals surface area contributed by atoms with Gasteiger partial charge in [0.15, 0.2) is 0 Å². The zero-order chi connectivity index (χ0) is 36.2. The molecule has 2 atom stereocenters. The van der Waals surface area contributed by atoms with Gasteiger partial charge in [-0.3, -0.25) is 9.59 Å². The smallest absolute Gasteiger partial charge is 0.416 e. The lowest BCUT2D eigenvalue weighted by molar-refractivity contribution is -0.140. The van der Waals surface area contributed by atoms with Crippen molar-refractivity contribution in [1.82, 2.24) is 9.66 Å². The number of hydrogen-bond donors (Lipinski definition) is 3. The number of ether oxygens (including phenoxy) is 3. The van der Waals surface area contributed by atoms with E-state index in [1.165, 1.54) is 28.1 Å². The van der Waals surface area contributed by atoms with Crippen molar-refractivity contribution < 1.29 is 58.6 Å². The third kappa shape index (κ3) is 9.55. The second-order valence-electron chi connectivity index (χ2n) is 9.83. The van der Waals surface area contributed by atoms with Gasteiger partial charge in [0, 0.05) is 21.1 Å². The topological polar surface area (TPSA) is 175 Å². The van der Waals surface area contributed by atoms with E-state index in [9.17, 15) is 53.9 Å². The monoisotopic (exact) mass is 700 g/mol. The zero-order valence-corrected chi connectivity index (χ0v) is 26.6. The first-order valence-electron chi connectivity index (χ1n) is 13.0. The second-order valence-corrected chi connectivity index (χ2v) is 11.6. The molecule has 0 aliphatic heterocycles. The van der Waals surface area contributed by atoms with Crippen LogP contribution in [0.1, 0.15) is 65.6 Å². The summed E-state index contributed by atoms with van der Waals surface area (Å²) in [5.41, 5.74) is -5.74. The van der Waals surface area contributed by atoms with Gasteiger partial charge >= 0.3 is 24.0 Å². The number of H-pyrrole nitrogens is 1. The standard InChI is InChI=1S/C14H16F3NO4.C13H14F3N3O5S/c1-7(21-3)9-5-10(13(20)22-4)12(18-8(2)19)6-11(9)14(15,16)17;1-6(24-2)7-4-8-10(5-9(7)13(14,15)16)17-12(21)19(11(8)20)18-25(3,22)23/h5-7H,1-4H3,(H,18,19);4-6,18H,1-3H3,(H,17,21). The molecule has 0 aliphatic carbocycles. The Morgan fingerprint density at radius 2 is 1.36 bits per heavy atom. The number of aromatic nitrogens is 2. The number of benzene rings is 2. The molecule has 0 radical (unpaired) electrons. The van der Waals surface area contributed by atoms with Crippen molar-refractivity contribution in [2.75, 3.05) is 37.7 Å². The lowest BCUT2D eigenvalue weighted by atomic mass is 9.97. The van der Waals surface area contributed by atoms with E-state index in [-0.39, 0.29) is 38.0 Å². The largest absolute Gasteiger partial charge is 0.465 e. The number of hydrogen-bond acceptors (Lipinski definition) is 9. The number of anilines is 1. The SMILES string of the molecule is COC(=O)c1cc(C(C)OC)c(C(F)(F)F)cc1NC(C)=O.COC(C)c1cc2c(=O)n(NS(C)(=O)=O)c(=O)[nH]c2cc1C(F)(F)F. The number of fused-ring (bicyclic) bond motifs is 1. The molecule has 3 N–H and O–H groups in total. The molecule has 2 unspecified atom stereocenters. The van der Waals surface area contributed by atoms with Crippen LogP contribution >= 0.6 is 0 Å². The van der Waals surface area contributed by atoms with Crippen LogP contribution in [-0.4, -0.2) is 57.5 Å². The first-order chi connectivity index (χ1) is 21.5. The van der Waals surface area contributed by atoms with Crippen LogP contribution in [0.2, 0.25) is 0 Å². The Hall–Kier alpha value is -4.43. The summed E-state index contributed by atoms with van der Waals surface area (Å²) in [4.78, 5) is 50.8. The van der Waals surface area contributed by atoms with E-state index in [4.69, 9.17) is 9.47 Å². The quantitative estimate of drug-likeness (QED) is 0.231. The Kier molecular flexibility index (Phi) is 12.0. The maximum absolute atomic E-state index is 13.3. The average Bonchev–Trinajstić information content (AvgIpc) is 2.96. The molecule has 0 spiro atoms. The normalized spacial score (nSPS) is 13.3. The number of halogens is 6. The molecular formula is C27H30F6N4O9S. The molecule has 3 rings (SSSR count). The number of methoxy groups -OCH3 is 3. The highest BCUT2D eigenvalue weighted by molar-refractivity contribution is 7.91. The number of esters is 1. The van der Waals surface area contributed by atoms with Crippen LogP contribution in [0.5, 0.6) is 0 Å². The van der Waals surface area contributed by atoms with Crippen molar-refractivity contribution in [1.29, 1.82) is 0 Å². The van der Waals surface area contributed by atoms with E-state index in [2.05, 4.69) is 15.0 Å². The summed E-state index contributed by atoms with van der Waals surface area (Å²) in [6.07, 6.45) is -10.6. The minimum atomic E-state index is -4.74. The van der Waals surface area contributed by atoms with E-state index < -0.39 is 68.8 Å². The van der Waals surface area contributed by atoms with Crippen molar-refractivity contribution in [3.05, 3.63) is 72.9 Å². The van der Waals surface area contributed by atoms with Gasteiger partial charge in [-0.25, -0.2) is 22.8 Å². The van der Waals surface area contributed by atoms with E-state index in [1.54, 1.807) is 4.83 Å². The predicted octanol–water partition coefficient (Wildman–Crippen LogP) is 4.08. The number of amides is 1. The van der Waals surface area contributed by atoms with Gasteiger partial charge in [-0.2, -0.15) is 31.0 Å². The first-order valence-corrected chi connectivity index (χ1v) is 14.9. The van der Waals surface area contributed by atoms with E-state index in [0.717, 1.165) is 26.2 Å². The lowest BCUT2D eigenvalue weighted by Crippen LogP contribution is -2.43. The molecule has 1 heterocycles. The van der Waals surface area contributed by atoms with Crippen LogP contribution in [0, 0.1) is 0 Å². The Bertz CT molecular complexity index is 1890. The molecular weight excluding hydrogens is 670 g/mol. The van der Waals surface area contributed by atoms with Crippen molar-refractivity contribution in [2.45, 2.75) is 45.3 Å². The minimum absolute atomic E-state index is 0.173. The number of carbonyl (C=O) groups is 2. The molecule has 0 aliphatic rings. The number of aromatic amines is 1. The van der Waals surface area contributed by atoms with Crippen molar-refractivity contribution in [3.8, 4) is 0 Å². The molecule has 0 fully saturated rings. The summed E-state index contributed by atoms with van der Waals surface area (Å²) in [7, 11) is -0.417. The maximum Gasteiger partial charge on any atom is 0.416 e. The van der Waals surface area contributed by atoms with Gasteiger partial charge < -0.3 is 24.5 Å². The van der Waals surface area contributed by atoms with Gasteiger partial charge in [0.05, 0.1) is 58.9 Å². The highest BCUT2D eigenvalue weighted by atomic mass is 32.2. The van der Waals surface area contributed by atoms with Crippen LogP contribution in [-0.2, 0) is 41.4 Å². The molecule has 1 amide bonds. The van der Waals surface area contributed by atoms with Crippen LogP contribution in [0.4, 0.5) is 32.0 Å². The number of rotatable bonds is 8. The fraction of sp³-hybridized carbons (Fsp3) is 0.407. The molecule has 0 saturated heterocycles. The predicted molar refractivity (Wildman–Crippen MR) is 156 cm³/mol. The molecule has 0 saturated carbocycles. The number of nitrogens with one attached hydrogen (secondary N) is 3. The van der Waals surface area contributed by atoms with Gasteiger partial charge in [-0.05, 0) is 49.2 Å². The van der Waals surface area contributed by atoms with E-state index >= 15 is 0 Å². The highest BCUT2D eigenvalue weighted by Crippen LogP contribution is 2.39. The number of nitrogens with zero attached hydrogens (tertiary/aromatic N) is 1. The Balaban J connectivity index is 0.000000330. The summed E-state index contributed by atoms with van der Waals surface area (Å²) >= 11 is 0. The Morgan fingerprint density at radius 1 is 0.872 bits per heavy atom. The Morgan fingerprint density at radius 3 is 1.79 bits per heavy atom. The van der Waals surface area contributed by atoms with Crippen molar-refractivity contribution >= 4 is 38.5 Å². The number of alkyl halides is 6. The molecule has 1 aromatic heterocycles. The minimum Gasteiger partial charge on any atom is -0.465 e. The summed E-state index contributed by atoms with van der Waals surface area (Å²) in [5, 5.41) is 1.90. The number of sulfonamides is 1. The molecule has 260 valence electrons. The molecule has 20 heteroatoms. The van der Waals surface area contributed by atoms with Crippen LogP contribution < -0.4 is 21.4 Å². The highest BCUT2D eigenvalue weighted by Gasteiger charge is 2.37. The molecule has 47 heavy (non-hydrogen) atoms. The van der Waals surface area contributed by atoms with Crippen molar-refractivity contribution in [2.24, 2.45) is 0 Å². The zero-order valence-electron chi connectivity index (χ0n) is 25.8. The van der Waals surface area contributed by atoms with E-state index in [0.29, 0.717) is 18.4 Å². The van der Waals surface area contributed by atoms with Crippen LogP contribution in [0.3, 0.4) is 0 Å². The van der Waals surface area contributed by atoms with E-state index in [1.807, 2.05) is 0 Å². The fourth-order valence-electron chi connectivity index (χ4n) is 4.14. The van der Waals surface area contributed by atoms with Gasteiger partial charge in [0.2, 0.25) is 15.9 Å². The molecule has 13 nitrogen and oxygen atoms in total. The van der Waals surface area contributed by atoms with Crippen LogP contribution in [0.15, 0.2) is 33.9 Å². The third-order valence-corrected chi connectivity index (χ3v) is 6.94. The van der Waals surface area contributed by atoms with Gasteiger partial charge in [-0.15, -0.1) is 0 Å². The summed E-state index contributed by atoms with van der Waals surface area (Å²) in [5.74, 6) is -1.46. The maximum atomic E-state index is 13.3. The lowest BCUT2D eigenvalue weighted by Gasteiger charge is -2.20. The average molecular weight is 701 g/mol. The third-order valence-electron chi connectivity index (χ3n) is 6.42. The Labute approximate surface area is 262 Å². The molecule has 3 aromatic rings. The number of carbonyl (C=O) groups excluding carboxylic acids is 2. The first kappa shape index (κ1) is 38.8. The summed E-state index contributed by atoms with van der Waals surface area (Å²) < 4.78 is 116. The molecule has 2 aromatic carbocycles. The summed E-state index contributed by atoms with van der Waals surface area (Å²) in [6.45, 7) is 3.90. The van der Waals surface area contributed by atoms with Crippen molar-refractivity contribution in [3.63, 3.8) is 0 Å².